The Morgan fingerprint density at radius 1 is 1.42 bits per heavy atom. The Morgan fingerprint density at radius 2 is 2.29 bits per heavy atom. The summed E-state index contributed by atoms with van der Waals surface area (Å²) in [5, 5.41) is 19.7. The minimum absolute atomic E-state index is 0.261. The minimum Gasteiger partial charge on any atom is -0.463 e. The summed E-state index contributed by atoms with van der Waals surface area (Å²) >= 11 is 1.50. The molecule has 0 radical (unpaired) electrons. The average Bonchev–Trinajstić information content (AvgIpc) is 3.33. The van der Waals surface area contributed by atoms with Crippen LogP contribution in [0.15, 0.2) is 28.9 Å². The van der Waals surface area contributed by atoms with Crippen LogP contribution in [-0.2, 0) is 12.8 Å². The number of furan rings is 1. The highest BCUT2D eigenvalue weighted by Crippen LogP contribution is 2.37. The van der Waals surface area contributed by atoms with Gasteiger partial charge in [-0.2, -0.15) is 10.4 Å². The number of fused-ring (bicyclic) bond motifs is 1. The standard InChI is InChI=1S/C17H14N4O2S/c18-9-11-10-4-1-2-6-15(10)24-17(11)19-16(22)13-8-12(20-21-13)14-5-3-7-23-14/h3,5,7-8H,1-2,4,6H2,(H,19,22)(H,20,21). The van der Waals surface area contributed by atoms with Gasteiger partial charge in [-0.1, -0.05) is 0 Å². The van der Waals surface area contributed by atoms with E-state index < -0.39 is 0 Å². The van der Waals surface area contributed by atoms with E-state index in [1.54, 1.807) is 24.5 Å². The maximum atomic E-state index is 12.5. The zero-order valence-corrected chi connectivity index (χ0v) is 13.6. The molecule has 0 aliphatic heterocycles. The molecule has 24 heavy (non-hydrogen) atoms. The number of amides is 1. The lowest BCUT2D eigenvalue weighted by Gasteiger charge is -2.09. The van der Waals surface area contributed by atoms with Gasteiger partial charge >= 0.3 is 0 Å². The second-order valence-electron chi connectivity index (χ2n) is 5.63. The third-order valence-electron chi connectivity index (χ3n) is 4.11. The van der Waals surface area contributed by atoms with Gasteiger partial charge in [0, 0.05) is 10.9 Å². The quantitative estimate of drug-likeness (QED) is 0.760. The van der Waals surface area contributed by atoms with E-state index in [-0.39, 0.29) is 11.6 Å². The highest BCUT2D eigenvalue weighted by Gasteiger charge is 2.23. The van der Waals surface area contributed by atoms with Crippen LogP contribution in [0.5, 0.6) is 0 Å². The van der Waals surface area contributed by atoms with Crippen molar-refractivity contribution in [2.45, 2.75) is 25.7 Å². The van der Waals surface area contributed by atoms with Crippen molar-refractivity contribution in [1.82, 2.24) is 10.2 Å². The van der Waals surface area contributed by atoms with Gasteiger partial charge in [-0.05, 0) is 43.4 Å². The zero-order chi connectivity index (χ0) is 16.5. The van der Waals surface area contributed by atoms with Crippen molar-refractivity contribution in [2.24, 2.45) is 0 Å². The van der Waals surface area contributed by atoms with Crippen LogP contribution in [0.4, 0.5) is 5.00 Å². The van der Waals surface area contributed by atoms with E-state index in [9.17, 15) is 10.1 Å². The number of rotatable bonds is 3. The molecule has 0 unspecified atom stereocenters. The molecule has 1 aliphatic carbocycles. The fourth-order valence-electron chi connectivity index (χ4n) is 2.94. The molecule has 1 amide bonds. The first kappa shape index (κ1) is 14.7. The van der Waals surface area contributed by atoms with Crippen LogP contribution >= 0.6 is 11.3 Å². The number of anilines is 1. The second kappa shape index (κ2) is 5.98. The van der Waals surface area contributed by atoms with Crippen LogP contribution in [0.2, 0.25) is 0 Å². The minimum atomic E-state index is -0.334. The summed E-state index contributed by atoms with van der Waals surface area (Å²) in [6, 6.07) is 7.43. The second-order valence-corrected chi connectivity index (χ2v) is 6.73. The number of nitrogens with zero attached hydrogens (tertiary/aromatic N) is 2. The summed E-state index contributed by atoms with van der Waals surface area (Å²) in [6.07, 6.45) is 5.69. The number of nitrogens with one attached hydrogen (secondary N) is 2. The topological polar surface area (TPSA) is 94.7 Å². The maximum absolute atomic E-state index is 12.5. The molecule has 0 aromatic carbocycles. The van der Waals surface area contributed by atoms with Crippen molar-refractivity contribution in [1.29, 1.82) is 5.26 Å². The molecule has 0 fully saturated rings. The van der Waals surface area contributed by atoms with Gasteiger partial charge in [-0.3, -0.25) is 9.89 Å². The number of aromatic amines is 1. The van der Waals surface area contributed by atoms with Crippen molar-refractivity contribution in [3.8, 4) is 17.5 Å². The van der Waals surface area contributed by atoms with Gasteiger partial charge in [-0.15, -0.1) is 11.3 Å². The normalized spacial score (nSPS) is 13.3. The average molecular weight is 338 g/mol. The summed E-state index contributed by atoms with van der Waals surface area (Å²) in [4.78, 5) is 13.7. The summed E-state index contributed by atoms with van der Waals surface area (Å²) in [7, 11) is 0. The fourth-order valence-corrected chi connectivity index (χ4v) is 4.17. The molecule has 0 atom stereocenters. The Labute approximate surface area is 142 Å². The number of hydrogen-bond donors (Lipinski definition) is 2. The van der Waals surface area contributed by atoms with E-state index >= 15 is 0 Å². The predicted octanol–water partition coefficient (Wildman–Crippen LogP) is 3.73. The molecule has 4 rings (SSSR count). The van der Waals surface area contributed by atoms with Crippen molar-refractivity contribution in [2.75, 3.05) is 5.32 Å². The van der Waals surface area contributed by atoms with E-state index in [0.29, 0.717) is 22.0 Å². The van der Waals surface area contributed by atoms with Gasteiger partial charge in [0.25, 0.3) is 5.91 Å². The van der Waals surface area contributed by atoms with E-state index in [0.717, 1.165) is 31.2 Å². The van der Waals surface area contributed by atoms with Gasteiger partial charge in [0.1, 0.15) is 16.8 Å². The summed E-state index contributed by atoms with van der Waals surface area (Å²) < 4.78 is 5.28. The monoisotopic (exact) mass is 338 g/mol. The molecule has 7 heteroatoms. The first-order valence-corrected chi connectivity index (χ1v) is 8.53. The van der Waals surface area contributed by atoms with Crippen LogP contribution < -0.4 is 5.32 Å². The van der Waals surface area contributed by atoms with E-state index in [1.807, 2.05) is 0 Å². The lowest BCUT2D eigenvalue weighted by atomic mass is 9.96. The van der Waals surface area contributed by atoms with Crippen LogP contribution in [0.3, 0.4) is 0 Å². The van der Waals surface area contributed by atoms with Gasteiger partial charge in [0.05, 0.1) is 11.8 Å². The Kier molecular flexibility index (Phi) is 3.67. The summed E-state index contributed by atoms with van der Waals surface area (Å²) in [5.74, 6) is 0.282. The highest BCUT2D eigenvalue weighted by molar-refractivity contribution is 7.16. The van der Waals surface area contributed by atoms with E-state index in [4.69, 9.17) is 4.42 Å². The largest absolute Gasteiger partial charge is 0.463 e. The molecule has 2 N–H and O–H groups in total. The number of thiophene rings is 1. The molecular formula is C17H14N4O2S. The molecule has 3 aromatic rings. The SMILES string of the molecule is N#Cc1c(NC(=O)c2cc(-c3ccco3)[nH]n2)sc2c1CCCC2. The molecule has 0 bridgehead atoms. The Hall–Kier alpha value is -2.85. The molecule has 3 aromatic heterocycles. The first-order valence-electron chi connectivity index (χ1n) is 7.71. The van der Waals surface area contributed by atoms with Crippen molar-refractivity contribution >= 4 is 22.2 Å². The van der Waals surface area contributed by atoms with Gasteiger partial charge in [-0.25, -0.2) is 0 Å². The maximum Gasteiger partial charge on any atom is 0.276 e. The summed E-state index contributed by atoms with van der Waals surface area (Å²) in [6.45, 7) is 0. The molecule has 3 heterocycles. The Bertz CT molecular complexity index is 931. The van der Waals surface area contributed by atoms with Crippen LogP contribution in [0.25, 0.3) is 11.5 Å². The molecule has 6 nitrogen and oxygen atoms in total. The molecule has 0 saturated heterocycles. The number of nitriles is 1. The van der Waals surface area contributed by atoms with Gasteiger partial charge in [0.2, 0.25) is 0 Å². The molecule has 1 aliphatic rings. The van der Waals surface area contributed by atoms with Gasteiger partial charge in [0.15, 0.2) is 11.5 Å². The van der Waals surface area contributed by atoms with E-state index in [1.165, 1.54) is 16.2 Å². The number of H-pyrrole nitrogens is 1. The Balaban J connectivity index is 1.59. The zero-order valence-electron chi connectivity index (χ0n) is 12.8. The van der Waals surface area contributed by atoms with Crippen LogP contribution in [-0.4, -0.2) is 16.1 Å². The van der Waals surface area contributed by atoms with Crippen molar-refractivity contribution in [3.05, 3.63) is 46.2 Å². The predicted molar refractivity (Wildman–Crippen MR) is 89.9 cm³/mol. The number of carbonyl (C=O) groups is 1. The lowest BCUT2D eigenvalue weighted by molar-refractivity contribution is 0.102. The molecule has 120 valence electrons. The van der Waals surface area contributed by atoms with Crippen LogP contribution in [0, 0.1) is 11.3 Å². The third kappa shape index (κ3) is 2.51. The van der Waals surface area contributed by atoms with Crippen LogP contribution in [0.1, 0.15) is 39.3 Å². The number of carbonyl (C=O) groups excluding carboxylic acids is 1. The summed E-state index contributed by atoms with van der Waals surface area (Å²) in [5.41, 5.74) is 2.60. The first-order chi connectivity index (χ1) is 11.8. The van der Waals surface area contributed by atoms with Crippen molar-refractivity contribution < 1.29 is 9.21 Å². The molecular weight excluding hydrogens is 324 g/mol. The Morgan fingerprint density at radius 3 is 3.08 bits per heavy atom. The third-order valence-corrected chi connectivity index (χ3v) is 5.31. The number of hydrogen-bond acceptors (Lipinski definition) is 5. The molecule has 0 saturated carbocycles. The number of aryl methyl sites for hydroxylation is 1. The van der Waals surface area contributed by atoms with Crippen molar-refractivity contribution in [3.63, 3.8) is 0 Å². The fraction of sp³-hybridized carbons (Fsp3) is 0.235. The number of aromatic nitrogens is 2. The molecule has 0 spiro atoms. The smallest absolute Gasteiger partial charge is 0.276 e. The highest BCUT2D eigenvalue weighted by atomic mass is 32.1. The van der Waals surface area contributed by atoms with Gasteiger partial charge < -0.3 is 9.73 Å². The lowest BCUT2D eigenvalue weighted by Crippen LogP contribution is -2.12. The van der Waals surface area contributed by atoms with E-state index in [2.05, 4.69) is 21.6 Å².